The van der Waals surface area contributed by atoms with Crippen molar-refractivity contribution < 1.29 is 50.9 Å². The summed E-state index contributed by atoms with van der Waals surface area (Å²) < 4.78 is 24.5. The van der Waals surface area contributed by atoms with Crippen molar-refractivity contribution in [2.45, 2.75) is 0 Å². The fourth-order valence-electron chi connectivity index (χ4n) is 0. The molecular weight excluding hydrogens is 247 g/mol. The molecule has 0 amide bonds. The van der Waals surface area contributed by atoms with Crippen LogP contribution in [0.1, 0.15) is 0 Å². The summed E-state index contributed by atoms with van der Waals surface area (Å²) in [6, 6.07) is 0. The molecule has 0 heterocycles. The van der Waals surface area contributed by atoms with Gasteiger partial charge < -0.3 is 6.87 Å². The van der Waals surface area contributed by atoms with Gasteiger partial charge >= 0.3 is 39.9 Å². The van der Waals surface area contributed by atoms with Gasteiger partial charge in [0.15, 0.2) is 0 Å². The molecule has 0 bridgehead atoms. The number of hydrogen-bond donors (Lipinski definition) is 1. The van der Waals surface area contributed by atoms with E-state index in [0.717, 1.165) is 0 Å². The predicted molar refractivity (Wildman–Crippen MR) is 9.37 cm³/mol. The number of hydrogen-bond acceptors (Lipinski definition) is 3. The first-order valence-corrected chi connectivity index (χ1v) is 3.20. The van der Waals surface area contributed by atoms with Crippen molar-refractivity contribution in [1.82, 2.24) is 0 Å². The smallest absolute Gasteiger partial charge is 0.396 e. The Balaban J connectivity index is -0.0000000450. The molecule has 0 saturated heterocycles. The van der Waals surface area contributed by atoms with Crippen LogP contribution in [0.15, 0.2) is 0 Å². The van der Waals surface area contributed by atoms with Gasteiger partial charge in [-0.3, -0.25) is 0 Å². The quantitative estimate of drug-likeness (QED) is 0.343. The van der Waals surface area contributed by atoms with E-state index in [9.17, 15) is 0 Å². The summed E-state index contributed by atoms with van der Waals surface area (Å²) in [5.74, 6) is 0. The molecule has 0 aromatic rings. The van der Waals surface area contributed by atoms with E-state index >= 15 is 0 Å². The van der Waals surface area contributed by atoms with Crippen LogP contribution in [0, 0.1) is 0 Å². The van der Waals surface area contributed by atoms with Gasteiger partial charge in [0.25, 0.3) is 0 Å². The molecule has 0 fully saturated rings. The third-order valence-electron chi connectivity index (χ3n) is 0. The largest absolute Gasteiger partial charge is 0.503 e. The molecule has 0 atom stereocenters. The van der Waals surface area contributed by atoms with Crippen molar-refractivity contribution in [3.63, 3.8) is 0 Å². The van der Waals surface area contributed by atoms with Crippen molar-refractivity contribution in [3.8, 4) is 0 Å². The van der Waals surface area contributed by atoms with Crippen LogP contribution in [0.25, 0.3) is 0 Å². The molecule has 0 aromatic heterocycles. The van der Waals surface area contributed by atoms with Gasteiger partial charge in [0.2, 0.25) is 0 Å². The van der Waals surface area contributed by atoms with Gasteiger partial charge in [-0.15, -0.1) is 0 Å². The van der Waals surface area contributed by atoms with Gasteiger partial charge in [-0.05, 0) is 3.44 Å². The van der Waals surface area contributed by atoms with E-state index in [4.69, 9.17) is 10.3 Å². The second kappa shape index (κ2) is 9.95. The van der Waals surface area contributed by atoms with Gasteiger partial charge in [0, 0.05) is 19.5 Å². The van der Waals surface area contributed by atoms with E-state index in [2.05, 4.69) is 0 Å². The van der Waals surface area contributed by atoms with E-state index in [1.165, 1.54) is 0 Å². The minimum atomic E-state index is -3.76. The van der Waals surface area contributed by atoms with Crippen LogP contribution in [0.3, 0.4) is 0 Å². The molecular formula is H2ILiO3Zn. The average molecular weight is 249 g/mol. The molecule has 0 rings (SSSR count). The Morgan fingerprint density at radius 2 is 1.33 bits per heavy atom. The molecule has 3 nitrogen and oxygen atoms in total. The Labute approximate surface area is 69.1 Å². The van der Waals surface area contributed by atoms with Gasteiger partial charge in [0.1, 0.15) is 0 Å². The fourth-order valence-corrected chi connectivity index (χ4v) is 0. The zero-order valence-electron chi connectivity index (χ0n) is 2.35. The fraction of sp³-hybridized carbons (Fsp3) is 0. The number of halogens is 1. The normalized spacial score (nSPS) is 6.00. The zero-order valence-corrected chi connectivity index (χ0v) is 7.47. The van der Waals surface area contributed by atoms with Gasteiger partial charge in [-0.2, -0.15) is 0 Å². The van der Waals surface area contributed by atoms with Gasteiger partial charge in [-0.25, -0.2) is 0 Å². The summed E-state index contributed by atoms with van der Waals surface area (Å²) >= 11 is -3.76. The van der Waals surface area contributed by atoms with E-state index in [1.807, 2.05) is 0 Å². The van der Waals surface area contributed by atoms with Crippen molar-refractivity contribution in [2.24, 2.45) is 0 Å². The standard InChI is InChI=1S/HIO3.Li.Zn.H/c2-1(3)4;;;/h2H;;;. The molecule has 0 spiro atoms. The Morgan fingerprint density at radius 1 is 1.33 bits per heavy atom. The topological polar surface area (TPSA) is 66.3 Å². The third-order valence-corrected chi connectivity index (χ3v) is 0. The van der Waals surface area contributed by atoms with Crippen LogP contribution < -0.4 is 27.9 Å². The molecule has 0 aliphatic rings. The van der Waals surface area contributed by atoms with Crippen molar-refractivity contribution in [3.05, 3.63) is 0 Å². The zero-order chi connectivity index (χ0) is 3.58. The average Bonchev–Trinajstić information content (AvgIpc) is 0.811. The molecule has 6 heavy (non-hydrogen) atoms. The Kier molecular flexibility index (Phi) is 26.0. The van der Waals surface area contributed by atoms with Gasteiger partial charge in [-0.1, -0.05) is 0 Å². The molecule has 0 radical (unpaired) electrons. The molecule has 1 N–H and O–H groups in total. The van der Waals surface area contributed by atoms with Crippen molar-refractivity contribution in [1.29, 1.82) is 0 Å². The summed E-state index contributed by atoms with van der Waals surface area (Å²) in [5.41, 5.74) is 0. The van der Waals surface area contributed by atoms with Crippen LogP contribution in [0.4, 0.5) is 0 Å². The molecule has 0 aromatic carbocycles. The van der Waals surface area contributed by atoms with E-state index in [-0.39, 0.29) is 38.3 Å². The maximum atomic E-state index is 8.68. The van der Waals surface area contributed by atoms with Crippen LogP contribution in [0.2, 0.25) is 0 Å². The van der Waals surface area contributed by atoms with Gasteiger partial charge in [0.05, 0.1) is 0 Å². The summed E-state index contributed by atoms with van der Waals surface area (Å²) in [4.78, 5) is 0. The van der Waals surface area contributed by atoms with Crippen LogP contribution in [-0.4, -0.2) is 22.3 Å². The van der Waals surface area contributed by atoms with Crippen molar-refractivity contribution in [2.75, 3.05) is 0 Å². The first-order chi connectivity index (χ1) is 1.73. The van der Waals surface area contributed by atoms with Crippen LogP contribution in [0.5, 0.6) is 0 Å². The molecule has 6 heteroatoms. The van der Waals surface area contributed by atoms with E-state index in [1.54, 1.807) is 0 Å². The van der Waals surface area contributed by atoms with Crippen LogP contribution in [-0.2, 0) is 19.5 Å². The van der Waals surface area contributed by atoms with Crippen molar-refractivity contribution >= 4 is 18.9 Å². The minimum Gasteiger partial charge on any atom is -0.396 e. The number of rotatable bonds is 0. The second-order valence-corrected chi connectivity index (χ2v) is 1.35. The molecule has 0 saturated carbocycles. The Hall–Kier alpha value is 1.83. The molecule has 0 aliphatic carbocycles. The molecule has 0 unspecified atom stereocenters. The minimum absolute atomic E-state index is 0. The summed E-state index contributed by atoms with van der Waals surface area (Å²) in [6.45, 7) is 0. The SMILES string of the molecule is [LiH].[O-][I+2]([O-])O.[Zn]. The molecule has 0 aliphatic heterocycles. The summed E-state index contributed by atoms with van der Waals surface area (Å²) in [7, 11) is 0. The molecule has 30 valence electrons. The predicted octanol–water partition coefficient (Wildman–Crippen LogP) is -6.58. The first kappa shape index (κ1) is 15.7. The van der Waals surface area contributed by atoms with E-state index < -0.39 is 21.1 Å². The summed E-state index contributed by atoms with van der Waals surface area (Å²) in [6.07, 6.45) is 0. The second-order valence-electron chi connectivity index (χ2n) is 0.201. The Morgan fingerprint density at radius 3 is 1.33 bits per heavy atom. The third kappa shape index (κ3) is 40.6. The maximum Gasteiger partial charge on any atom is 0.503 e. The maximum absolute atomic E-state index is 8.68. The first-order valence-electron chi connectivity index (χ1n) is 0.478. The monoisotopic (exact) mass is 248 g/mol. The summed E-state index contributed by atoms with van der Waals surface area (Å²) in [5, 5.41) is 0. The Bertz CT molecular complexity index is 15.5. The van der Waals surface area contributed by atoms with E-state index in [0.29, 0.717) is 0 Å². The van der Waals surface area contributed by atoms with Crippen LogP contribution >= 0.6 is 0 Å².